The molecule has 1 saturated heterocycles. The lowest BCUT2D eigenvalue weighted by atomic mass is 10.1. The zero-order chi connectivity index (χ0) is 16.4. The second-order valence-corrected chi connectivity index (χ2v) is 6.90. The number of amides is 1. The van der Waals surface area contributed by atoms with E-state index in [1.165, 1.54) is 18.4 Å². The third-order valence-electron chi connectivity index (χ3n) is 4.57. The van der Waals surface area contributed by atoms with Gasteiger partial charge in [-0.15, -0.1) is 0 Å². The van der Waals surface area contributed by atoms with E-state index in [4.69, 9.17) is 9.47 Å². The lowest BCUT2D eigenvalue weighted by Gasteiger charge is -2.23. The maximum absolute atomic E-state index is 12.3. The summed E-state index contributed by atoms with van der Waals surface area (Å²) in [5.41, 5.74) is 2.13. The van der Waals surface area contributed by atoms with Gasteiger partial charge in [-0.2, -0.15) is 11.3 Å². The van der Waals surface area contributed by atoms with Gasteiger partial charge in [0.1, 0.15) is 0 Å². The van der Waals surface area contributed by atoms with Crippen LogP contribution in [0.25, 0.3) is 0 Å². The fraction of sp³-hybridized carbons (Fsp3) is 0.389. The van der Waals surface area contributed by atoms with Crippen LogP contribution in [0.15, 0.2) is 35.0 Å². The first-order valence-corrected chi connectivity index (χ1v) is 9.19. The van der Waals surface area contributed by atoms with Crippen LogP contribution in [-0.4, -0.2) is 30.7 Å². The van der Waals surface area contributed by atoms with Crippen LogP contribution >= 0.6 is 11.3 Å². The summed E-state index contributed by atoms with van der Waals surface area (Å²) in [6, 6.07) is 8.14. The largest absolute Gasteiger partial charge is 0.454 e. The minimum Gasteiger partial charge on any atom is -0.454 e. The van der Waals surface area contributed by atoms with Gasteiger partial charge in [0.15, 0.2) is 11.5 Å². The summed E-state index contributed by atoms with van der Waals surface area (Å²) in [7, 11) is 0. The van der Waals surface area contributed by atoms with Crippen LogP contribution in [0.5, 0.6) is 11.5 Å². The maximum atomic E-state index is 12.3. The van der Waals surface area contributed by atoms with Crippen molar-refractivity contribution in [3.8, 4) is 11.5 Å². The lowest BCUT2D eigenvalue weighted by molar-refractivity contribution is -0.116. The second kappa shape index (κ2) is 6.83. The predicted molar refractivity (Wildman–Crippen MR) is 93.7 cm³/mol. The van der Waals surface area contributed by atoms with Crippen LogP contribution in [0.1, 0.15) is 30.9 Å². The normalized spacial score (nSPS) is 19.6. The summed E-state index contributed by atoms with van der Waals surface area (Å²) >= 11 is 1.74. The number of rotatable bonds is 5. The number of likely N-dealkylation sites (tertiary alicyclic amines) is 1. The highest BCUT2D eigenvalue weighted by molar-refractivity contribution is 7.07. The number of nitrogens with zero attached hydrogens (tertiary/aromatic N) is 1. The molecule has 1 aromatic carbocycles. The van der Waals surface area contributed by atoms with Gasteiger partial charge in [-0.25, -0.2) is 0 Å². The van der Waals surface area contributed by atoms with Gasteiger partial charge in [0.05, 0.1) is 0 Å². The van der Waals surface area contributed by atoms with Gasteiger partial charge in [0.2, 0.25) is 12.7 Å². The Balaban J connectivity index is 1.32. The first kappa shape index (κ1) is 15.5. The van der Waals surface area contributed by atoms with Crippen molar-refractivity contribution < 1.29 is 14.3 Å². The molecule has 2 aliphatic rings. The first-order chi connectivity index (χ1) is 11.8. The Hall–Kier alpha value is -2.05. The number of benzene rings is 1. The van der Waals surface area contributed by atoms with Crippen LogP contribution in [0.4, 0.5) is 5.69 Å². The van der Waals surface area contributed by atoms with Crippen molar-refractivity contribution in [2.24, 2.45) is 0 Å². The molecule has 0 aliphatic carbocycles. The molecule has 126 valence electrons. The maximum Gasteiger partial charge on any atom is 0.231 e. The molecule has 0 spiro atoms. The molecule has 2 aromatic rings. The fourth-order valence-corrected chi connectivity index (χ4v) is 4.09. The molecule has 1 atom stereocenters. The van der Waals surface area contributed by atoms with E-state index in [1.807, 2.05) is 18.2 Å². The summed E-state index contributed by atoms with van der Waals surface area (Å²) in [5.74, 6) is 1.44. The van der Waals surface area contributed by atoms with E-state index in [-0.39, 0.29) is 12.7 Å². The smallest absolute Gasteiger partial charge is 0.231 e. The molecule has 0 bridgehead atoms. The Morgan fingerprint density at radius 3 is 3.08 bits per heavy atom. The molecule has 0 saturated carbocycles. The SMILES string of the molecule is O=C(CCN1CCC[C@@H]1c1ccsc1)Nc1ccc2c(c1)OCO2. The Morgan fingerprint density at radius 1 is 1.29 bits per heavy atom. The van der Waals surface area contributed by atoms with Crippen molar-refractivity contribution in [1.82, 2.24) is 4.90 Å². The topological polar surface area (TPSA) is 50.8 Å². The summed E-state index contributed by atoms with van der Waals surface area (Å²) in [6.07, 6.45) is 2.87. The number of thiophene rings is 1. The zero-order valence-corrected chi connectivity index (χ0v) is 14.2. The van der Waals surface area contributed by atoms with Crippen molar-refractivity contribution in [2.75, 3.05) is 25.2 Å². The second-order valence-electron chi connectivity index (χ2n) is 6.12. The molecule has 0 radical (unpaired) electrons. The monoisotopic (exact) mass is 344 g/mol. The highest BCUT2D eigenvalue weighted by atomic mass is 32.1. The number of nitrogens with one attached hydrogen (secondary N) is 1. The van der Waals surface area contributed by atoms with E-state index in [2.05, 4.69) is 27.0 Å². The molecule has 4 rings (SSSR count). The van der Waals surface area contributed by atoms with Crippen molar-refractivity contribution in [2.45, 2.75) is 25.3 Å². The number of carbonyl (C=O) groups excluding carboxylic acids is 1. The van der Waals surface area contributed by atoms with Crippen molar-refractivity contribution in [1.29, 1.82) is 0 Å². The van der Waals surface area contributed by atoms with Gasteiger partial charge in [-0.3, -0.25) is 9.69 Å². The van der Waals surface area contributed by atoms with Crippen LogP contribution in [0, 0.1) is 0 Å². The Labute approximate surface area is 145 Å². The van der Waals surface area contributed by atoms with Crippen LogP contribution < -0.4 is 14.8 Å². The van der Waals surface area contributed by atoms with Crippen molar-refractivity contribution in [3.63, 3.8) is 0 Å². The molecule has 1 fully saturated rings. The fourth-order valence-electron chi connectivity index (χ4n) is 3.38. The standard InChI is InChI=1S/C18H20N2O3S/c21-18(19-14-3-4-16-17(10-14)23-12-22-16)5-8-20-7-1-2-15(20)13-6-9-24-11-13/h3-4,6,9-11,15H,1-2,5,7-8,12H2,(H,19,21)/t15-/m1/s1. The third-order valence-corrected chi connectivity index (χ3v) is 5.28. The average molecular weight is 344 g/mol. The summed E-state index contributed by atoms with van der Waals surface area (Å²) in [6.45, 7) is 2.10. The quantitative estimate of drug-likeness (QED) is 0.900. The number of anilines is 1. The van der Waals surface area contributed by atoms with Crippen LogP contribution in [-0.2, 0) is 4.79 Å². The molecular formula is C18H20N2O3S. The highest BCUT2D eigenvalue weighted by Gasteiger charge is 2.26. The van der Waals surface area contributed by atoms with E-state index in [9.17, 15) is 4.79 Å². The van der Waals surface area contributed by atoms with E-state index in [0.29, 0.717) is 18.2 Å². The molecule has 3 heterocycles. The Morgan fingerprint density at radius 2 is 2.21 bits per heavy atom. The summed E-state index contributed by atoms with van der Waals surface area (Å²) < 4.78 is 10.6. The van der Waals surface area contributed by atoms with Crippen LogP contribution in [0.3, 0.4) is 0 Å². The molecule has 2 aliphatic heterocycles. The van der Waals surface area contributed by atoms with Gasteiger partial charge in [-0.1, -0.05) is 0 Å². The number of carbonyl (C=O) groups is 1. The first-order valence-electron chi connectivity index (χ1n) is 8.25. The molecule has 1 amide bonds. The van der Waals surface area contributed by atoms with Gasteiger partial charge >= 0.3 is 0 Å². The molecule has 5 nitrogen and oxygen atoms in total. The summed E-state index contributed by atoms with van der Waals surface area (Å²) in [4.78, 5) is 14.7. The zero-order valence-electron chi connectivity index (χ0n) is 13.4. The molecular weight excluding hydrogens is 324 g/mol. The van der Waals surface area contributed by atoms with Crippen molar-refractivity contribution in [3.05, 3.63) is 40.6 Å². The number of hydrogen-bond acceptors (Lipinski definition) is 5. The Bertz CT molecular complexity index is 717. The van der Waals surface area contributed by atoms with E-state index >= 15 is 0 Å². The van der Waals surface area contributed by atoms with Gasteiger partial charge in [0, 0.05) is 30.8 Å². The third kappa shape index (κ3) is 3.25. The van der Waals surface area contributed by atoms with Gasteiger partial charge in [0.25, 0.3) is 0 Å². The van der Waals surface area contributed by atoms with E-state index in [1.54, 1.807) is 11.3 Å². The van der Waals surface area contributed by atoms with Gasteiger partial charge < -0.3 is 14.8 Å². The summed E-state index contributed by atoms with van der Waals surface area (Å²) in [5, 5.41) is 7.29. The number of hydrogen-bond donors (Lipinski definition) is 1. The predicted octanol–water partition coefficient (Wildman–Crippen LogP) is 3.64. The van der Waals surface area contributed by atoms with Crippen LogP contribution in [0.2, 0.25) is 0 Å². The van der Waals surface area contributed by atoms with E-state index in [0.717, 1.165) is 24.5 Å². The molecule has 1 aromatic heterocycles. The molecule has 24 heavy (non-hydrogen) atoms. The minimum absolute atomic E-state index is 0.0323. The highest BCUT2D eigenvalue weighted by Crippen LogP contribution is 2.35. The molecule has 6 heteroatoms. The van der Waals surface area contributed by atoms with E-state index < -0.39 is 0 Å². The van der Waals surface area contributed by atoms with Crippen molar-refractivity contribution >= 4 is 22.9 Å². The van der Waals surface area contributed by atoms with Gasteiger partial charge in [-0.05, 0) is 53.9 Å². The minimum atomic E-state index is 0.0323. The number of fused-ring (bicyclic) bond motifs is 1. The lowest BCUT2D eigenvalue weighted by Crippen LogP contribution is -2.27. The molecule has 1 N–H and O–H groups in total. The molecule has 0 unspecified atom stereocenters. The number of ether oxygens (including phenoxy) is 2. The average Bonchev–Trinajstić information content (AvgIpc) is 3.32. The Kier molecular flexibility index (Phi) is 4.40.